The van der Waals surface area contributed by atoms with Crippen LogP contribution in [0.4, 0.5) is 0 Å². The Kier molecular flexibility index (Phi) is 9.62. The SMILES string of the molecule is Cc1ccc2c(c1)c1ccccc1n2-c1cccc(-c2cccc(-n3c4ccccc4c4ccccc43)c2)c1.Cc1ccc2c(c1)c1ccccc1n2-c1cccc(-n2c3ccccc3c3ccccc32)c1. The minimum atomic E-state index is 1.17. The topological polar surface area (TPSA) is 19.7 Å². The van der Waals surface area contributed by atoms with Crippen molar-refractivity contribution in [3.63, 3.8) is 0 Å². The van der Waals surface area contributed by atoms with Crippen molar-refractivity contribution in [2.24, 2.45) is 0 Å². The average molecular weight is 921 g/mol. The summed E-state index contributed by atoms with van der Waals surface area (Å²) < 4.78 is 9.55. The van der Waals surface area contributed by atoms with Gasteiger partial charge in [0.1, 0.15) is 0 Å². The third kappa shape index (κ3) is 6.60. The van der Waals surface area contributed by atoms with Gasteiger partial charge >= 0.3 is 0 Å². The predicted molar refractivity (Wildman–Crippen MR) is 305 cm³/mol. The van der Waals surface area contributed by atoms with Crippen molar-refractivity contribution >= 4 is 87.2 Å². The molecule has 0 saturated carbocycles. The zero-order valence-electron chi connectivity index (χ0n) is 40.0. The van der Waals surface area contributed by atoms with E-state index in [4.69, 9.17) is 0 Å². The number of nitrogens with zero attached hydrogens (tertiary/aromatic N) is 4. The van der Waals surface area contributed by atoms with E-state index >= 15 is 0 Å². The number of aromatic nitrogens is 4. The molecule has 0 bridgehead atoms. The van der Waals surface area contributed by atoms with Crippen LogP contribution in [0.5, 0.6) is 0 Å². The zero-order chi connectivity index (χ0) is 47.9. The molecule has 4 aromatic heterocycles. The van der Waals surface area contributed by atoms with Gasteiger partial charge in [-0.25, -0.2) is 0 Å². The fourth-order valence-electron chi connectivity index (χ4n) is 11.6. The van der Waals surface area contributed by atoms with E-state index in [1.165, 1.54) is 132 Å². The van der Waals surface area contributed by atoms with Gasteiger partial charge in [0.25, 0.3) is 0 Å². The Balaban J connectivity index is 0.000000136. The van der Waals surface area contributed by atoms with Crippen LogP contribution in [-0.2, 0) is 0 Å². The van der Waals surface area contributed by atoms with Crippen molar-refractivity contribution in [1.29, 1.82) is 0 Å². The molecule has 11 aromatic carbocycles. The molecule has 0 unspecified atom stereocenters. The molecule has 0 N–H and O–H groups in total. The maximum Gasteiger partial charge on any atom is 0.0541 e. The van der Waals surface area contributed by atoms with Gasteiger partial charge < -0.3 is 18.3 Å². The van der Waals surface area contributed by atoms with Gasteiger partial charge in [-0.1, -0.05) is 163 Å². The Morgan fingerprint density at radius 1 is 0.194 bits per heavy atom. The van der Waals surface area contributed by atoms with E-state index in [2.05, 4.69) is 287 Å². The summed E-state index contributed by atoms with van der Waals surface area (Å²) in [5.74, 6) is 0. The smallest absolute Gasteiger partial charge is 0.0541 e. The monoisotopic (exact) mass is 920 g/mol. The van der Waals surface area contributed by atoms with Gasteiger partial charge in [0.05, 0.1) is 44.1 Å². The minimum absolute atomic E-state index is 1.17. The first-order valence-electron chi connectivity index (χ1n) is 24.8. The van der Waals surface area contributed by atoms with E-state index in [0.29, 0.717) is 0 Å². The molecule has 0 aliphatic rings. The maximum atomic E-state index is 2.39. The third-order valence-electron chi connectivity index (χ3n) is 14.7. The highest BCUT2D eigenvalue weighted by Gasteiger charge is 2.17. The van der Waals surface area contributed by atoms with E-state index < -0.39 is 0 Å². The van der Waals surface area contributed by atoms with Crippen molar-refractivity contribution < 1.29 is 0 Å². The molecule has 15 aromatic rings. The summed E-state index contributed by atoms with van der Waals surface area (Å²) in [5, 5.41) is 10.3. The molecule has 4 heterocycles. The van der Waals surface area contributed by atoms with Gasteiger partial charge in [-0.2, -0.15) is 0 Å². The lowest BCUT2D eigenvalue weighted by atomic mass is 10.0. The quantitative estimate of drug-likeness (QED) is 0.164. The summed E-state index contributed by atoms with van der Waals surface area (Å²) in [6, 6.07) is 92.3. The summed E-state index contributed by atoms with van der Waals surface area (Å²) >= 11 is 0. The average Bonchev–Trinajstić information content (AvgIpc) is 4.16. The highest BCUT2D eigenvalue weighted by molar-refractivity contribution is 6.12. The maximum absolute atomic E-state index is 2.39. The largest absolute Gasteiger partial charge is 0.309 e. The first-order chi connectivity index (χ1) is 35.6. The van der Waals surface area contributed by atoms with Crippen LogP contribution in [0, 0.1) is 13.8 Å². The van der Waals surface area contributed by atoms with Gasteiger partial charge in [0, 0.05) is 65.8 Å². The number of hydrogen-bond donors (Lipinski definition) is 0. The lowest BCUT2D eigenvalue weighted by molar-refractivity contribution is 1.13. The van der Waals surface area contributed by atoms with Crippen molar-refractivity contribution in [3.05, 3.63) is 266 Å². The normalized spacial score (nSPS) is 11.8. The van der Waals surface area contributed by atoms with Crippen molar-refractivity contribution in [3.8, 4) is 33.9 Å². The molecule has 4 nitrogen and oxygen atoms in total. The third-order valence-corrected chi connectivity index (χ3v) is 14.7. The summed E-state index contributed by atoms with van der Waals surface area (Å²) in [4.78, 5) is 0. The second-order valence-corrected chi connectivity index (χ2v) is 19.1. The Morgan fingerprint density at radius 2 is 0.444 bits per heavy atom. The number of fused-ring (bicyclic) bond motifs is 12. The molecule has 0 saturated heterocycles. The number of rotatable bonds is 5. The molecule has 0 aliphatic heterocycles. The van der Waals surface area contributed by atoms with Crippen LogP contribution in [0.15, 0.2) is 255 Å². The van der Waals surface area contributed by atoms with E-state index in [1.807, 2.05) is 0 Å². The van der Waals surface area contributed by atoms with Crippen LogP contribution in [0.2, 0.25) is 0 Å². The van der Waals surface area contributed by atoms with E-state index in [1.54, 1.807) is 0 Å². The van der Waals surface area contributed by atoms with E-state index in [0.717, 1.165) is 0 Å². The van der Waals surface area contributed by atoms with Gasteiger partial charge in [0.15, 0.2) is 0 Å². The molecule has 0 aliphatic carbocycles. The predicted octanol–water partition coefficient (Wildman–Crippen LogP) is 18.0. The van der Waals surface area contributed by atoms with Crippen LogP contribution < -0.4 is 0 Å². The van der Waals surface area contributed by atoms with E-state index in [9.17, 15) is 0 Å². The Labute approximate surface area is 417 Å². The fraction of sp³-hybridized carbons (Fsp3) is 0.0294. The summed E-state index contributed by atoms with van der Waals surface area (Å²) in [6.07, 6.45) is 0. The van der Waals surface area contributed by atoms with Crippen LogP contribution in [0.25, 0.3) is 121 Å². The van der Waals surface area contributed by atoms with E-state index in [-0.39, 0.29) is 0 Å². The molecule has 4 heteroatoms. The standard InChI is InChI=1S/C37H26N2.C31H22N2/c1-25-20-21-37-33(22-25)32-16-4-7-19-36(32)39(37)29-13-9-11-27(24-29)26-10-8-12-28(23-26)38-34-17-5-2-14-30(34)31-15-3-6-18-35(31)38;1-21-17-18-31-27(19-21)26-13-4-7-16-30(26)33(31)23-10-8-9-22(20-23)32-28-14-5-2-11-24(28)25-12-3-6-15-29(25)32/h2-24H,1H3;2-20H,1H3. The molecular formula is C68H48N4. The molecular weight excluding hydrogens is 873 g/mol. The van der Waals surface area contributed by atoms with Gasteiger partial charge in [-0.3, -0.25) is 0 Å². The summed E-state index contributed by atoms with van der Waals surface area (Å²) in [5.41, 5.74) is 19.5. The lowest BCUT2D eigenvalue weighted by Crippen LogP contribution is -1.98. The second-order valence-electron chi connectivity index (χ2n) is 19.1. The Morgan fingerprint density at radius 3 is 0.764 bits per heavy atom. The van der Waals surface area contributed by atoms with Crippen molar-refractivity contribution in [2.45, 2.75) is 13.8 Å². The lowest BCUT2D eigenvalue weighted by Gasteiger charge is -2.12. The van der Waals surface area contributed by atoms with Crippen LogP contribution >= 0.6 is 0 Å². The highest BCUT2D eigenvalue weighted by Crippen LogP contribution is 2.38. The molecule has 0 radical (unpaired) electrons. The van der Waals surface area contributed by atoms with Crippen LogP contribution in [-0.4, -0.2) is 18.3 Å². The Bertz CT molecular complexity index is 4500. The van der Waals surface area contributed by atoms with Gasteiger partial charge in [-0.05, 0) is 128 Å². The minimum Gasteiger partial charge on any atom is -0.309 e. The number of benzene rings is 11. The Hall–Kier alpha value is -9.38. The molecule has 0 atom stereocenters. The summed E-state index contributed by atoms with van der Waals surface area (Å²) in [7, 11) is 0. The number of para-hydroxylation sites is 6. The zero-order valence-corrected chi connectivity index (χ0v) is 40.0. The molecule has 0 spiro atoms. The number of aryl methyl sites for hydroxylation is 2. The molecule has 72 heavy (non-hydrogen) atoms. The fourth-order valence-corrected chi connectivity index (χ4v) is 11.6. The molecule has 340 valence electrons. The van der Waals surface area contributed by atoms with Gasteiger partial charge in [0.2, 0.25) is 0 Å². The highest BCUT2D eigenvalue weighted by atomic mass is 15.0. The van der Waals surface area contributed by atoms with Crippen LogP contribution in [0.1, 0.15) is 11.1 Å². The van der Waals surface area contributed by atoms with Crippen molar-refractivity contribution in [1.82, 2.24) is 18.3 Å². The van der Waals surface area contributed by atoms with Crippen LogP contribution in [0.3, 0.4) is 0 Å². The molecule has 0 amide bonds. The first-order valence-corrected chi connectivity index (χ1v) is 24.8. The second kappa shape index (κ2) is 16.6. The van der Waals surface area contributed by atoms with Gasteiger partial charge in [-0.15, -0.1) is 0 Å². The summed E-state index contributed by atoms with van der Waals surface area (Å²) in [6.45, 7) is 4.32. The molecule has 0 fully saturated rings. The molecule has 15 rings (SSSR count). The van der Waals surface area contributed by atoms with Crippen molar-refractivity contribution in [2.75, 3.05) is 0 Å². The number of hydrogen-bond acceptors (Lipinski definition) is 0. The first kappa shape index (κ1) is 41.6.